The van der Waals surface area contributed by atoms with Crippen molar-refractivity contribution in [3.8, 4) is 16.9 Å². The molecule has 3 aliphatic heterocycles. The molecule has 2 amide bonds. The minimum atomic E-state index is -0.865. The molecule has 266 valence electrons. The van der Waals surface area contributed by atoms with Crippen LogP contribution in [0.1, 0.15) is 49.9 Å². The van der Waals surface area contributed by atoms with E-state index in [2.05, 4.69) is 15.2 Å². The Morgan fingerprint density at radius 2 is 1.82 bits per heavy atom. The zero-order chi connectivity index (χ0) is 36.1. The molecule has 51 heavy (non-hydrogen) atoms. The molecule has 1 fully saturated rings. The molecule has 1 unspecified atom stereocenters. The summed E-state index contributed by atoms with van der Waals surface area (Å²) in [5.74, 6) is -2.99. The largest absolute Gasteiger partial charge is 0.493 e. The number of fused-ring (bicyclic) bond motifs is 2. The van der Waals surface area contributed by atoms with Gasteiger partial charge in [-0.3, -0.25) is 19.3 Å². The van der Waals surface area contributed by atoms with Gasteiger partial charge in [0.05, 0.1) is 40.0 Å². The van der Waals surface area contributed by atoms with E-state index in [1.165, 1.54) is 18.1 Å². The van der Waals surface area contributed by atoms with Gasteiger partial charge in [-0.05, 0) is 55.8 Å². The second-order valence-corrected chi connectivity index (χ2v) is 14.1. The van der Waals surface area contributed by atoms with Gasteiger partial charge in [0.2, 0.25) is 0 Å². The summed E-state index contributed by atoms with van der Waals surface area (Å²) in [5, 5.41) is 12.6. The van der Waals surface area contributed by atoms with Crippen molar-refractivity contribution in [2.75, 3.05) is 50.6 Å². The van der Waals surface area contributed by atoms with Crippen LogP contribution < -0.4 is 15.0 Å². The van der Waals surface area contributed by atoms with Crippen LogP contribution in [0.25, 0.3) is 11.1 Å². The lowest BCUT2D eigenvalue weighted by Gasteiger charge is -2.22. The van der Waals surface area contributed by atoms with Gasteiger partial charge >= 0.3 is 5.97 Å². The topological polar surface area (TPSA) is 120 Å². The maximum atomic E-state index is 16.1. The summed E-state index contributed by atoms with van der Waals surface area (Å²) in [5.41, 5.74) is 5.39. The number of nitrogens with zero attached hydrogens (tertiary/aromatic N) is 5. The molecule has 1 aromatic heterocycles. The molecule has 14 heteroatoms. The van der Waals surface area contributed by atoms with E-state index in [4.69, 9.17) is 27.9 Å². The van der Waals surface area contributed by atoms with Gasteiger partial charge in [-0.15, -0.1) is 0 Å². The van der Waals surface area contributed by atoms with Gasteiger partial charge < -0.3 is 29.5 Å². The van der Waals surface area contributed by atoms with Crippen molar-refractivity contribution < 1.29 is 28.6 Å². The third-order valence-corrected chi connectivity index (χ3v) is 10.8. The first-order chi connectivity index (χ1) is 24.5. The van der Waals surface area contributed by atoms with Gasteiger partial charge in [-0.1, -0.05) is 47.5 Å². The molecule has 0 aliphatic carbocycles. The fourth-order valence-electron chi connectivity index (χ4n) is 7.51. The maximum absolute atomic E-state index is 16.1. The summed E-state index contributed by atoms with van der Waals surface area (Å²) in [7, 11) is 5.20. The summed E-state index contributed by atoms with van der Waals surface area (Å²) < 4.78 is 23.4. The van der Waals surface area contributed by atoms with Crippen LogP contribution in [0.5, 0.6) is 5.75 Å². The number of nitrogens with one attached hydrogen (secondary N) is 1. The first-order valence-corrected chi connectivity index (χ1v) is 17.5. The summed E-state index contributed by atoms with van der Waals surface area (Å²) in [4.78, 5) is 49.1. The predicted molar refractivity (Wildman–Crippen MR) is 192 cm³/mol. The number of anilines is 2. The molecule has 0 bridgehead atoms. The number of rotatable bonds is 8. The minimum Gasteiger partial charge on any atom is -0.493 e. The number of hydrogen-bond donors (Lipinski definition) is 2. The molecule has 4 heterocycles. The predicted octanol–water partition coefficient (Wildman–Crippen LogP) is 5.89. The third kappa shape index (κ3) is 6.35. The van der Waals surface area contributed by atoms with Gasteiger partial charge in [-0.2, -0.15) is 0 Å². The summed E-state index contributed by atoms with van der Waals surface area (Å²) in [6.07, 6.45) is 1.78. The molecule has 0 radical (unpaired) electrons. The second-order valence-electron chi connectivity index (χ2n) is 13.3. The van der Waals surface area contributed by atoms with Gasteiger partial charge in [0.25, 0.3) is 11.8 Å². The summed E-state index contributed by atoms with van der Waals surface area (Å²) >= 11 is 13.6. The Balaban J connectivity index is 1.14. The van der Waals surface area contributed by atoms with Crippen molar-refractivity contribution in [1.82, 2.24) is 19.4 Å². The number of benzene rings is 3. The molecule has 11 nitrogen and oxygen atoms in total. The van der Waals surface area contributed by atoms with Crippen LogP contribution in [0.4, 0.5) is 15.8 Å². The Bertz CT molecular complexity index is 2090. The number of likely N-dealkylation sites (tertiary alicyclic amines) is 1. The summed E-state index contributed by atoms with van der Waals surface area (Å²) in [6, 6.07) is 12.4. The maximum Gasteiger partial charge on any atom is 0.307 e. The lowest BCUT2D eigenvalue weighted by atomic mass is 9.97. The molecule has 0 saturated carbocycles. The van der Waals surface area contributed by atoms with Gasteiger partial charge in [-0.25, -0.2) is 9.37 Å². The molecule has 3 aromatic carbocycles. The number of imidazole rings is 1. The lowest BCUT2D eigenvalue weighted by Crippen LogP contribution is -2.30. The number of likely N-dealkylation sites (N-methyl/N-ethyl adjacent to an activating group) is 1. The highest BCUT2D eigenvalue weighted by atomic mass is 35.5. The van der Waals surface area contributed by atoms with E-state index < -0.39 is 23.6 Å². The smallest absolute Gasteiger partial charge is 0.307 e. The standard InChI is InChI=1S/C37H37Cl2FN6O5/c1-43-13-12-29-27(19-43)41-34(44(29)2)35(47)42-26-8-4-7-24(31(26)39)22-6-5-9-28-23(22)11-15-46(28)36(48)30-25(38)16-21(33(51-3)32(30)40)18-45-14-10-20(17-45)37(49)50/h4-9,16,20H,10-15,17-19H2,1-3H3,(H,42,47)(H,49,50). The Labute approximate surface area is 304 Å². The fraction of sp³-hybridized carbons (Fsp3) is 0.351. The van der Waals surface area contributed by atoms with E-state index >= 15 is 4.39 Å². The van der Waals surface area contributed by atoms with Gasteiger partial charge in [0, 0.05) is 68.7 Å². The SMILES string of the molecule is COc1c(CN2CCC(C(=O)O)C2)cc(Cl)c(C(=O)N2CCc3c(-c4cccc(NC(=O)c5nc6c(n5C)CCN(C)C6)c4Cl)cccc32)c1F. The first kappa shape index (κ1) is 34.9. The molecule has 0 spiro atoms. The number of ether oxygens (including phenoxy) is 1. The van der Waals surface area contributed by atoms with Crippen LogP contribution in [-0.4, -0.2) is 82.6 Å². The number of carbonyl (C=O) groups is 3. The molecule has 7 rings (SSSR count). The Kier molecular flexibility index (Phi) is 9.53. The van der Waals surface area contributed by atoms with Crippen LogP contribution in [-0.2, 0) is 37.8 Å². The van der Waals surface area contributed by atoms with Crippen molar-refractivity contribution in [2.24, 2.45) is 13.0 Å². The molecular formula is C37H37Cl2FN6O5. The van der Waals surface area contributed by atoms with E-state index in [0.717, 1.165) is 35.5 Å². The normalized spacial score (nSPS) is 17.4. The third-order valence-electron chi connectivity index (χ3n) is 10.1. The van der Waals surface area contributed by atoms with Gasteiger partial charge in [0.15, 0.2) is 17.4 Å². The number of aliphatic carboxylic acids is 1. The molecule has 3 aliphatic rings. The van der Waals surface area contributed by atoms with Crippen LogP contribution in [0.3, 0.4) is 0 Å². The van der Waals surface area contributed by atoms with Crippen LogP contribution in [0.15, 0.2) is 42.5 Å². The average Bonchev–Trinajstić information content (AvgIpc) is 3.83. The van der Waals surface area contributed by atoms with Crippen molar-refractivity contribution >= 4 is 52.4 Å². The first-order valence-electron chi connectivity index (χ1n) is 16.7. The molecule has 1 saturated heterocycles. The quantitative estimate of drug-likeness (QED) is 0.230. The number of methoxy groups -OCH3 is 1. The van der Waals surface area contributed by atoms with Crippen LogP contribution in [0.2, 0.25) is 10.0 Å². The monoisotopic (exact) mass is 734 g/mol. The fourth-order valence-corrected chi connectivity index (χ4v) is 8.08. The van der Waals surface area contributed by atoms with Crippen molar-refractivity contribution in [2.45, 2.75) is 32.4 Å². The highest BCUT2D eigenvalue weighted by Crippen LogP contribution is 2.43. The Morgan fingerprint density at radius 3 is 2.57 bits per heavy atom. The van der Waals surface area contributed by atoms with E-state index in [0.29, 0.717) is 65.8 Å². The number of carboxylic acid groups (broad SMARTS) is 1. The van der Waals surface area contributed by atoms with E-state index in [-0.39, 0.29) is 35.3 Å². The number of halogens is 3. The number of carbonyl (C=O) groups excluding carboxylic acids is 2. The number of aromatic nitrogens is 2. The zero-order valence-corrected chi connectivity index (χ0v) is 29.9. The van der Waals surface area contributed by atoms with E-state index in [1.54, 1.807) is 24.3 Å². The van der Waals surface area contributed by atoms with Crippen LogP contribution >= 0.6 is 23.2 Å². The molecule has 1 atom stereocenters. The summed E-state index contributed by atoms with van der Waals surface area (Å²) in [6.45, 7) is 2.95. The Morgan fingerprint density at radius 1 is 1.06 bits per heavy atom. The highest BCUT2D eigenvalue weighted by Gasteiger charge is 2.34. The van der Waals surface area contributed by atoms with Crippen LogP contribution in [0, 0.1) is 11.7 Å². The van der Waals surface area contributed by atoms with E-state index in [9.17, 15) is 19.5 Å². The lowest BCUT2D eigenvalue weighted by molar-refractivity contribution is -0.141. The van der Waals surface area contributed by atoms with Gasteiger partial charge in [0.1, 0.15) is 0 Å². The number of carboxylic acids is 1. The highest BCUT2D eigenvalue weighted by molar-refractivity contribution is 6.37. The molecule has 2 N–H and O–H groups in total. The average molecular weight is 736 g/mol. The second kappa shape index (κ2) is 13.9. The Hall–Kier alpha value is -4.49. The molecule has 4 aromatic rings. The van der Waals surface area contributed by atoms with E-state index in [1.807, 2.05) is 35.7 Å². The molecular weight excluding hydrogens is 698 g/mol. The van der Waals surface area contributed by atoms with Crippen molar-refractivity contribution in [3.05, 3.63) is 92.2 Å². The van der Waals surface area contributed by atoms with Crippen molar-refractivity contribution in [3.63, 3.8) is 0 Å². The zero-order valence-electron chi connectivity index (χ0n) is 28.4. The van der Waals surface area contributed by atoms with Crippen molar-refractivity contribution in [1.29, 1.82) is 0 Å². The minimum absolute atomic E-state index is 0.0565. The number of hydrogen-bond acceptors (Lipinski definition) is 7. The number of amides is 2.